The largest absolute Gasteiger partial charge is 0.394 e. The van der Waals surface area contributed by atoms with E-state index in [0.29, 0.717) is 12.8 Å². The van der Waals surface area contributed by atoms with Crippen molar-refractivity contribution in [1.82, 2.24) is 5.32 Å². The molecule has 9 nitrogen and oxygen atoms in total. The topological polar surface area (TPSA) is 149 Å². The van der Waals surface area contributed by atoms with E-state index in [9.17, 15) is 30.3 Å². The molecule has 1 aliphatic rings. The fourth-order valence-electron chi connectivity index (χ4n) is 7.09. The molecule has 64 heavy (non-hydrogen) atoms. The molecular weight excluding hydrogens is 803 g/mol. The molecule has 1 rings (SSSR count). The molecule has 1 heterocycles. The van der Waals surface area contributed by atoms with Crippen molar-refractivity contribution in [2.45, 2.75) is 217 Å². The Balaban J connectivity index is 2.37. The minimum absolute atomic E-state index is 0.222. The number of ether oxygens (including phenoxy) is 2. The Hall–Kier alpha value is -3.15. The molecule has 1 fully saturated rings. The number of nitrogens with one attached hydrogen (secondary N) is 1. The number of unbranched alkanes of at least 4 members (excludes halogenated alkanes) is 14. The zero-order chi connectivity index (χ0) is 46.6. The van der Waals surface area contributed by atoms with Crippen molar-refractivity contribution >= 4 is 5.91 Å². The highest BCUT2D eigenvalue weighted by Crippen LogP contribution is 2.22. The number of amides is 1. The molecular formula is C55H91NO8. The Morgan fingerprint density at radius 2 is 0.984 bits per heavy atom. The van der Waals surface area contributed by atoms with Crippen LogP contribution in [0, 0.1) is 0 Å². The van der Waals surface area contributed by atoms with Crippen LogP contribution in [-0.2, 0) is 14.3 Å². The molecule has 0 aliphatic carbocycles. The fraction of sp³-hybridized carbons (Fsp3) is 0.655. The molecule has 1 aliphatic heterocycles. The van der Waals surface area contributed by atoms with Gasteiger partial charge in [0, 0.05) is 6.42 Å². The Kier molecular flexibility index (Phi) is 40.2. The van der Waals surface area contributed by atoms with E-state index in [4.69, 9.17) is 9.47 Å². The van der Waals surface area contributed by atoms with Gasteiger partial charge >= 0.3 is 0 Å². The molecule has 0 aromatic heterocycles. The molecule has 364 valence electrons. The van der Waals surface area contributed by atoms with Gasteiger partial charge in [0.2, 0.25) is 5.91 Å². The molecule has 1 saturated heterocycles. The number of carbonyl (C=O) groups is 1. The molecule has 1 amide bonds. The quantitative estimate of drug-likeness (QED) is 0.0263. The van der Waals surface area contributed by atoms with E-state index >= 15 is 0 Å². The van der Waals surface area contributed by atoms with Crippen molar-refractivity contribution in [3.63, 3.8) is 0 Å². The Morgan fingerprint density at radius 3 is 1.50 bits per heavy atom. The van der Waals surface area contributed by atoms with Crippen LogP contribution in [0.1, 0.15) is 174 Å². The summed E-state index contributed by atoms with van der Waals surface area (Å²) in [4.78, 5) is 13.0. The van der Waals surface area contributed by atoms with Crippen molar-refractivity contribution in [3.05, 3.63) is 109 Å². The van der Waals surface area contributed by atoms with E-state index < -0.39 is 49.5 Å². The molecule has 7 atom stereocenters. The number of aliphatic hydroxyl groups is 5. The van der Waals surface area contributed by atoms with Gasteiger partial charge in [-0.1, -0.05) is 187 Å². The summed E-state index contributed by atoms with van der Waals surface area (Å²) in [6, 6.07) is -0.847. The molecule has 6 N–H and O–H groups in total. The van der Waals surface area contributed by atoms with Crippen molar-refractivity contribution < 1.29 is 39.8 Å². The second-order valence-electron chi connectivity index (χ2n) is 16.9. The number of carbonyl (C=O) groups excluding carboxylic acids is 1. The molecule has 0 spiro atoms. The third kappa shape index (κ3) is 33.3. The normalized spacial score (nSPS) is 21.0. The van der Waals surface area contributed by atoms with Crippen LogP contribution in [0.5, 0.6) is 0 Å². The predicted molar refractivity (Wildman–Crippen MR) is 267 cm³/mol. The number of rotatable bonds is 40. The third-order valence-electron chi connectivity index (χ3n) is 11.1. The highest BCUT2D eigenvalue weighted by Gasteiger charge is 2.44. The van der Waals surface area contributed by atoms with Gasteiger partial charge in [-0.25, -0.2) is 0 Å². The average Bonchev–Trinajstić information content (AvgIpc) is 3.29. The summed E-state index contributed by atoms with van der Waals surface area (Å²) in [6.45, 7) is 3.60. The van der Waals surface area contributed by atoms with Gasteiger partial charge in [0.1, 0.15) is 24.4 Å². The maximum absolute atomic E-state index is 13.0. The van der Waals surface area contributed by atoms with Crippen LogP contribution in [0.15, 0.2) is 109 Å². The van der Waals surface area contributed by atoms with Gasteiger partial charge in [0.15, 0.2) is 6.29 Å². The molecule has 9 heteroatoms. The summed E-state index contributed by atoms with van der Waals surface area (Å²) in [6.07, 6.45) is 57.0. The lowest BCUT2D eigenvalue weighted by Crippen LogP contribution is -2.60. The summed E-state index contributed by atoms with van der Waals surface area (Å²) in [5.74, 6) is -0.224. The van der Waals surface area contributed by atoms with E-state index in [1.165, 1.54) is 64.2 Å². The van der Waals surface area contributed by atoms with Crippen LogP contribution in [0.4, 0.5) is 0 Å². The summed E-state index contributed by atoms with van der Waals surface area (Å²) >= 11 is 0. The van der Waals surface area contributed by atoms with Gasteiger partial charge in [0.25, 0.3) is 0 Å². The van der Waals surface area contributed by atoms with Crippen LogP contribution < -0.4 is 5.32 Å². The van der Waals surface area contributed by atoms with E-state index in [2.05, 4.69) is 116 Å². The van der Waals surface area contributed by atoms with Crippen molar-refractivity contribution in [2.75, 3.05) is 13.2 Å². The lowest BCUT2D eigenvalue weighted by molar-refractivity contribution is -0.302. The van der Waals surface area contributed by atoms with Crippen LogP contribution in [0.3, 0.4) is 0 Å². The minimum Gasteiger partial charge on any atom is -0.394 e. The van der Waals surface area contributed by atoms with Crippen LogP contribution >= 0.6 is 0 Å². The lowest BCUT2D eigenvalue weighted by Gasteiger charge is -2.40. The molecule has 0 aromatic rings. The summed E-state index contributed by atoms with van der Waals surface area (Å²) < 4.78 is 11.2. The minimum atomic E-state index is -1.58. The number of hydrogen-bond acceptors (Lipinski definition) is 8. The summed E-state index contributed by atoms with van der Waals surface area (Å²) in [7, 11) is 0. The van der Waals surface area contributed by atoms with Crippen molar-refractivity contribution in [1.29, 1.82) is 0 Å². The van der Waals surface area contributed by atoms with E-state index in [1.54, 1.807) is 6.08 Å². The maximum atomic E-state index is 13.0. The smallest absolute Gasteiger partial charge is 0.220 e. The zero-order valence-corrected chi connectivity index (χ0v) is 40.0. The number of allylic oxidation sites excluding steroid dienone is 17. The third-order valence-corrected chi connectivity index (χ3v) is 11.1. The van der Waals surface area contributed by atoms with E-state index in [1.807, 2.05) is 6.08 Å². The number of hydrogen-bond donors (Lipinski definition) is 6. The summed E-state index contributed by atoms with van der Waals surface area (Å²) in [5.41, 5.74) is 0. The highest BCUT2D eigenvalue weighted by atomic mass is 16.7. The zero-order valence-electron chi connectivity index (χ0n) is 40.0. The maximum Gasteiger partial charge on any atom is 0.220 e. The first-order valence-corrected chi connectivity index (χ1v) is 25.1. The number of aliphatic hydroxyl groups excluding tert-OH is 5. The Morgan fingerprint density at radius 1 is 0.547 bits per heavy atom. The molecule has 0 aromatic carbocycles. The standard InChI is InChI=1S/C55H91NO8/c1-3-5-7-9-11-13-15-17-19-21-22-23-24-25-26-27-28-29-31-33-35-37-39-41-43-45-51(59)56-48(47-63-55-54(62)53(61)52(60)50(46-57)64-55)49(58)44-42-40-38-36-34-32-30-20-18-16-14-12-10-8-6-4-2/h5,7,11,13,17,19,22-23,25-26,28-29,33-36,42,44,48-50,52-55,57-58,60-62H,3-4,6,8-10,12,14-16,18,20-21,24,27,30-32,37-41,43,45-47H2,1-2H3,(H,56,59)/b7-5-,13-11-,19-17-,23-22-,26-25-,29-28-,35-33-,36-34+,44-42+. The molecule has 0 radical (unpaired) electrons. The first kappa shape index (κ1) is 58.9. The second kappa shape index (κ2) is 43.7. The van der Waals surface area contributed by atoms with Crippen LogP contribution in [-0.4, -0.2) is 87.5 Å². The molecule has 0 saturated carbocycles. The second-order valence-corrected chi connectivity index (χ2v) is 16.9. The average molecular weight is 894 g/mol. The fourth-order valence-corrected chi connectivity index (χ4v) is 7.09. The van der Waals surface area contributed by atoms with Crippen molar-refractivity contribution in [3.8, 4) is 0 Å². The molecule has 7 unspecified atom stereocenters. The Labute approximate surface area is 389 Å². The highest BCUT2D eigenvalue weighted by molar-refractivity contribution is 5.76. The van der Waals surface area contributed by atoms with Gasteiger partial charge < -0.3 is 40.3 Å². The van der Waals surface area contributed by atoms with Crippen LogP contribution in [0.2, 0.25) is 0 Å². The van der Waals surface area contributed by atoms with Crippen LogP contribution in [0.25, 0.3) is 0 Å². The van der Waals surface area contributed by atoms with Crippen molar-refractivity contribution in [2.24, 2.45) is 0 Å². The SMILES string of the molecule is CC/C=C\C/C=C\C/C=C\C/C=C\C/C=C\C/C=C\C/C=C\CCCCCC(=O)NC(COC1OC(CO)C(O)C(O)C1O)C(O)/C=C/CC/C=C/CCCCCCCCCCCC. The first-order chi connectivity index (χ1) is 31.3. The van der Waals surface area contributed by atoms with Gasteiger partial charge in [-0.15, -0.1) is 0 Å². The lowest BCUT2D eigenvalue weighted by atomic mass is 9.99. The molecule has 0 bridgehead atoms. The van der Waals surface area contributed by atoms with E-state index in [-0.39, 0.29) is 12.5 Å². The van der Waals surface area contributed by atoms with E-state index in [0.717, 1.165) is 83.5 Å². The van der Waals surface area contributed by atoms with Gasteiger partial charge in [0.05, 0.1) is 25.4 Å². The first-order valence-electron chi connectivity index (χ1n) is 25.1. The van der Waals surface area contributed by atoms with Gasteiger partial charge in [-0.2, -0.15) is 0 Å². The summed E-state index contributed by atoms with van der Waals surface area (Å²) in [5, 5.41) is 54.3. The van der Waals surface area contributed by atoms with Gasteiger partial charge in [-0.05, 0) is 89.9 Å². The Bertz CT molecular complexity index is 1360. The predicted octanol–water partition coefficient (Wildman–Crippen LogP) is 11.4. The van der Waals surface area contributed by atoms with Gasteiger partial charge in [-0.3, -0.25) is 4.79 Å². The monoisotopic (exact) mass is 894 g/mol.